The van der Waals surface area contributed by atoms with Gasteiger partial charge in [0.05, 0.1) is 16.8 Å². The van der Waals surface area contributed by atoms with Gasteiger partial charge in [0.2, 0.25) is 0 Å². The number of hydrogen-bond donors (Lipinski definition) is 4. The molecule has 3 aromatic rings. The Morgan fingerprint density at radius 1 is 1.33 bits per heavy atom. The molecular weight excluding hydrogens is 415 g/mol. The van der Waals surface area contributed by atoms with Gasteiger partial charge in [-0.1, -0.05) is 11.6 Å². The molecule has 0 radical (unpaired) electrons. The summed E-state index contributed by atoms with van der Waals surface area (Å²) in [5.74, 6) is -0.0458. The molecule has 0 fully saturated rings. The van der Waals surface area contributed by atoms with Gasteiger partial charge in [0.25, 0.3) is 10.9 Å². The van der Waals surface area contributed by atoms with E-state index in [9.17, 15) is 14.0 Å². The van der Waals surface area contributed by atoms with Crippen molar-refractivity contribution < 1.29 is 4.39 Å². The summed E-state index contributed by atoms with van der Waals surface area (Å²) in [5, 5.41) is 14.2. The molecule has 5 N–H and O–H groups in total. The van der Waals surface area contributed by atoms with Gasteiger partial charge in [0.1, 0.15) is 22.2 Å². The van der Waals surface area contributed by atoms with E-state index in [-0.39, 0.29) is 22.2 Å². The zero-order valence-electron chi connectivity index (χ0n) is 13.5. The summed E-state index contributed by atoms with van der Waals surface area (Å²) in [7, 11) is 0. The average Bonchev–Trinajstić information content (AvgIpc) is 3.12. The summed E-state index contributed by atoms with van der Waals surface area (Å²) >= 11 is 8.01. The number of nitrogens with zero attached hydrogens (tertiary/aromatic N) is 2. The van der Waals surface area contributed by atoms with Crippen LogP contribution >= 0.6 is 35.1 Å². The van der Waals surface area contributed by atoms with E-state index < -0.39 is 16.7 Å². The standard InChI is InChI=1S/C15H12ClFN6O2S2/c16-7-5-6(1-2-8(7)17)21-14(19)11-15(23-27-22-11)26-4-3-20-10-9(18)12(24)13(10)25/h1-2,5,20H,3-4,18H2,(H2,19,21). The molecule has 0 saturated carbocycles. The highest BCUT2D eigenvalue weighted by Gasteiger charge is 2.18. The van der Waals surface area contributed by atoms with E-state index in [2.05, 4.69) is 19.4 Å². The van der Waals surface area contributed by atoms with Crippen molar-refractivity contribution in [3.63, 3.8) is 0 Å². The number of aromatic nitrogens is 2. The highest BCUT2D eigenvalue weighted by molar-refractivity contribution is 7.99. The first kappa shape index (κ1) is 19.3. The van der Waals surface area contributed by atoms with Crippen LogP contribution in [0.4, 0.5) is 21.5 Å². The second-order valence-electron chi connectivity index (χ2n) is 5.27. The summed E-state index contributed by atoms with van der Waals surface area (Å²) in [5.41, 5.74) is 5.04. The minimum atomic E-state index is -0.670. The maximum absolute atomic E-state index is 13.2. The molecule has 27 heavy (non-hydrogen) atoms. The Kier molecular flexibility index (Phi) is 5.73. The van der Waals surface area contributed by atoms with E-state index in [0.717, 1.165) is 11.7 Å². The molecule has 140 valence electrons. The molecule has 1 heterocycles. The van der Waals surface area contributed by atoms with Crippen molar-refractivity contribution in [2.45, 2.75) is 5.03 Å². The second kappa shape index (κ2) is 8.03. The molecule has 0 aliphatic heterocycles. The van der Waals surface area contributed by atoms with E-state index in [1.807, 2.05) is 0 Å². The molecule has 8 nitrogen and oxygen atoms in total. The highest BCUT2D eigenvalue weighted by Crippen LogP contribution is 2.23. The van der Waals surface area contributed by atoms with Crippen LogP contribution in [0.15, 0.2) is 32.8 Å². The first-order valence-corrected chi connectivity index (χ1v) is 9.57. The van der Waals surface area contributed by atoms with Gasteiger partial charge in [-0.25, -0.2) is 4.39 Å². The van der Waals surface area contributed by atoms with Crippen LogP contribution in [0.2, 0.25) is 5.02 Å². The lowest BCUT2D eigenvalue weighted by atomic mass is 10.2. The molecular formula is C15H12ClFN6O2S2. The van der Waals surface area contributed by atoms with E-state index >= 15 is 0 Å². The number of halogens is 2. The van der Waals surface area contributed by atoms with Crippen LogP contribution in [0.5, 0.6) is 0 Å². The first-order valence-electron chi connectivity index (χ1n) is 7.47. The van der Waals surface area contributed by atoms with Gasteiger partial charge in [-0.15, -0.1) is 11.8 Å². The fourth-order valence-electron chi connectivity index (χ4n) is 2.11. The van der Waals surface area contributed by atoms with Crippen molar-refractivity contribution in [2.24, 2.45) is 0 Å². The zero-order valence-corrected chi connectivity index (χ0v) is 15.9. The number of nitrogen functional groups attached to an aromatic ring is 1. The van der Waals surface area contributed by atoms with Crippen molar-refractivity contribution in [1.82, 2.24) is 8.75 Å². The van der Waals surface area contributed by atoms with Crippen LogP contribution in [0.25, 0.3) is 0 Å². The highest BCUT2D eigenvalue weighted by atomic mass is 35.5. The third-order valence-electron chi connectivity index (χ3n) is 3.47. The van der Waals surface area contributed by atoms with Crippen LogP contribution in [0, 0.1) is 11.2 Å². The molecule has 0 aliphatic carbocycles. The number of nitrogens with one attached hydrogen (secondary N) is 3. The number of nitrogens with two attached hydrogens (primary N) is 1. The van der Waals surface area contributed by atoms with E-state index in [1.165, 1.54) is 30.0 Å². The maximum atomic E-state index is 13.2. The number of rotatable bonds is 7. The number of thioether (sulfide) groups is 1. The van der Waals surface area contributed by atoms with Crippen molar-refractivity contribution in [2.75, 3.05) is 28.7 Å². The van der Waals surface area contributed by atoms with Crippen LogP contribution in [-0.2, 0) is 0 Å². The molecule has 2 aromatic carbocycles. The number of amidine groups is 1. The summed E-state index contributed by atoms with van der Waals surface area (Å²) in [6.45, 7) is 0.380. The Morgan fingerprint density at radius 3 is 2.81 bits per heavy atom. The molecule has 0 spiro atoms. The smallest absolute Gasteiger partial charge is 0.253 e. The van der Waals surface area contributed by atoms with Gasteiger partial charge in [-0.2, -0.15) is 8.75 Å². The Balaban J connectivity index is 1.57. The minimum Gasteiger partial charge on any atom is -0.394 e. The van der Waals surface area contributed by atoms with Gasteiger partial charge in [0.15, 0.2) is 11.5 Å². The molecule has 3 rings (SSSR count). The molecule has 0 bridgehead atoms. The number of benzene rings is 1. The third kappa shape index (κ3) is 4.10. The van der Waals surface area contributed by atoms with Crippen molar-refractivity contribution in [3.8, 4) is 0 Å². The third-order valence-corrected chi connectivity index (χ3v) is 5.37. The largest absolute Gasteiger partial charge is 0.394 e. The average molecular weight is 427 g/mol. The summed E-state index contributed by atoms with van der Waals surface area (Å²) in [4.78, 5) is 22.4. The number of anilines is 3. The Labute approximate surface area is 165 Å². The SMILES string of the molecule is N=C(Nc1ccc(F)c(Cl)c1)c1nsnc1SCCNc1c(N)c(=O)c1=O. The monoisotopic (exact) mass is 426 g/mol. The summed E-state index contributed by atoms with van der Waals surface area (Å²) < 4.78 is 21.4. The van der Waals surface area contributed by atoms with Gasteiger partial charge in [0, 0.05) is 18.0 Å². The molecule has 12 heteroatoms. The predicted octanol–water partition coefficient (Wildman–Crippen LogP) is 2.15. The minimum absolute atomic E-state index is 0.00592. The van der Waals surface area contributed by atoms with Gasteiger partial charge >= 0.3 is 0 Å². The Morgan fingerprint density at radius 2 is 2.11 bits per heavy atom. The lowest BCUT2D eigenvalue weighted by molar-refractivity contribution is 0.628. The lowest BCUT2D eigenvalue weighted by Gasteiger charge is -2.10. The predicted molar refractivity (Wildman–Crippen MR) is 107 cm³/mol. The van der Waals surface area contributed by atoms with Crippen LogP contribution < -0.4 is 27.2 Å². The van der Waals surface area contributed by atoms with Crippen LogP contribution in [-0.4, -0.2) is 26.9 Å². The Hall–Kier alpha value is -2.50. The quantitative estimate of drug-likeness (QED) is 0.148. The van der Waals surface area contributed by atoms with Gasteiger partial charge in [-0.3, -0.25) is 15.0 Å². The molecule has 0 aliphatic rings. The topological polar surface area (TPSA) is 134 Å². The fraction of sp³-hybridized carbons (Fsp3) is 0.133. The number of hydrogen-bond acceptors (Lipinski definition) is 9. The summed E-state index contributed by atoms with van der Waals surface area (Å²) in [6, 6.07) is 4.03. The zero-order chi connectivity index (χ0) is 19.6. The Bertz CT molecular complexity index is 1080. The summed E-state index contributed by atoms with van der Waals surface area (Å²) in [6.07, 6.45) is 0. The van der Waals surface area contributed by atoms with Crippen LogP contribution in [0.3, 0.4) is 0 Å². The lowest BCUT2D eigenvalue weighted by Crippen LogP contribution is -2.37. The van der Waals surface area contributed by atoms with E-state index in [0.29, 0.717) is 28.7 Å². The van der Waals surface area contributed by atoms with E-state index in [4.69, 9.17) is 22.7 Å². The van der Waals surface area contributed by atoms with Crippen molar-refractivity contribution >= 4 is 58.0 Å². The first-order chi connectivity index (χ1) is 12.9. The van der Waals surface area contributed by atoms with Crippen molar-refractivity contribution in [3.05, 3.63) is 55.2 Å². The normalized spacial score (nSPS) is 10.9. The molecule has 0 unspecified atom stereocenters. The van der Waals surface area contributed by atoms with Gasteiger partial charge in [-0.05, 0) is 18.2 Å². The second-order valence-corrected chi connectivity index (χ2v) is 7.29. The molecule has 0 saturated heterocycles. The van der Waals surface area contributed by atoms with Gasteiger partial charge < -0.3 is 16.4 Å². The fourth-order valence-corrected chi connectivity index (χ4v) is 3.81. The van der Waals surface area contributed by atoms with Crippen LogP contribution in [0.1, 0.15) is 5.69 Å². The van der Waals surface area contributed by atoms with E-state index in [1.54, 1.807) is 0 Å². The molecule has 1 aromatic heterocycles. The van der Waals surface area contributed by atoms with Crippen molar-refractivity contribution in [1.29, 1.82) is 5.41 Å². The molecule has 0 atom stereocenters. The molecule has 0 amide bonds. The maximum Gasteiger partial charge on any atom is 0.253 e.